The number of hydrogen-bond donors (Lipinski definition) is 2. The van der Waals surface area contributed by atoms with Crippen LogP contribution in [0.25, 0.3) is 0 Å². The number of nitrogens with one attached hydrogen (secondary N) is 2. The molecule has 1 amide bonds. The topological polar surface area (TPSA) is 44.4 Å². The number of piperazine rings is 1. The molecule has 0 saturated carbocycles. The predicted molar refractivity (Wildman–Crippen MR) is 76.9 cm³/mol. The molecule has 18 heavy (non-hydrogen) atoms. The minimum atomic E-state index is 0.00301. The second-order valence-corrected chi connectivity index (χ2v) is 7.14. The molecule has 0 radical (unpaired) electrons. The van der Waals surface area contributed by atoms with Crippen LogP contribution in [-0.4, -0.2) is 61.1 Å². The number of carbonyl (C=O) groups excluding carboxylic acids is 1. The summed E-state index contributed by atoms with van der Waals surface area (Å²) < 4.78 is 0. The molecule has 2 rings (SSSR count). The van der Waals surface area contributed by atoms with Crippen molar-refractivity contribution in [3.8, 4) is 0 Å². The van der Waals surface area contributed by atoms with Crippen molar-refractivity contribution in [2.45, 2.75) is 32.4 Å². The van der Waals surface area contributed by atoms with Gasteiger partial charge in [0.05, 0.1) is 0 Å². The molecule has 0 spiro atoms. The van der Waals surface area contributed by atoms with E-state index in [1.54, 1.807) is 7.05 Å². The molecule has 0 aromatic rings. The Labute approximate surface area is 114 Å². The van der Waals surface area contributed by atoms with E-state index in [0.29, 0.717) is 11.5 Å². The normalized spacial score (nSPS) is 33.1. The highest BCUT2D eigenvalue weighted by Gasteiger charge is 2.37. The van der Waals surface area contributed by atoms with Crippen molar-refractivity contribution in [3.63, 3.8) is 0 Å². The molecule has 4 nitrogen and oxygen atoms in total. The van der Waals surface area contributed by atoms with E-state index in [2.05, 4.69) is 29.4 Å². The van der Waals surface area contributed by atoms with Gasteiger partial charge in [0.1, 0.15) is 6.04 Å². The Morgan fingerprint density at radius 2 is 2.28 bits per heavy atom. The van der Waals surface area contributed by atoms with Crippen molar-refractivity contribution in [3.05, 3.63) is 0 Å². The summed E-state index contributed by atoms with van der Waals surface area (Å²) in [7, 11) is 1.73. The number of likely N-dealkylation sites (N-methyl/N-ethyl adjacent to an activating group) is 1. The molecule has 2 saturated heterocycles. The third-order valence-electron chi connectivity index (χ3n) is 3.89. The van der Waals surface area contributed by atoms with Crippen LogP contribution in [0.4, 0.5) is 0 Å². The zero-order valence-electron chi connectivity index (χ0n) is 11.7. The average molecular weight is 271 g/mol. The maximum Gasteiger partial charge on any atom is 0.238 e. The van der Waals surface area contributed by atoms with Gasteiger partial charge in [-0.2, -0.15) is 11.8 Å². The van der Waals surface area contributed by atoms with E-state index >= 15 is 0 Å². The van der Waals surface area contributed by atoms with Crippen molar-refractivity contribution >= 4 is 17.7 Å². The summed E-state index contributed by atoms with van der Waals surface area (Å²) in [6.07, 6.45) is 1.20. The predicted octanol–water partition coefficient (Wildman–Crippen LogP) is 0.538. The van der Waals surface area contributed by atoms with Gasteiger partial charge in [-0.15, -0.1) is 0 Å². The third kappa shape index (κ3) is 3.19. The van der Waals surface area contributed by atoms with E-state index in [4.69, 9.17) is 0 Å². The summed E-state index contributed by atoms with van der Waals surface area (Å²) in [5.74, 6) is 2.55. The minimum absolute atomic E-state index is 0.00301. The number of amides is 1. The number of carbonyl (C=O) groups is 1. The lowest BCUT2D eigenvalue weighted by atomic mass is 9.86. The Kier molecular flexibility index (Phi) is 4.56. The molecular formula is C13H25N3OS. The lowest BCUT2D eigenvalue weighted by Crippen LogP contribution is -2.62. The third-order valence-corrected chi connectivity index (χ3v) is 5.50. The highest BCUT2D eigenvalue weighted by Crippen LogP contribution is 2.36. The summed E-state index contributed by atoms with van der Waals surface area (Å²) in [5.41, 5.74) is 0.395. The first-order valence-electron chi connectivity index (χ1n) is 6.79. The molecule has 0 bridgehead atoms. The number of nitrogens with zero attached hydrogens (tertiary/aromatic N) is 1. The van der Waals surface area contributed by atoms with Crippen LogP contribution in [0.5, 0.6) is 0 Å². The van der Waals surface area contributed by atoms with E-state index in [1.165, 1.54) is 12.2 Å². The summed E-state index contributed by atoms with van der Waals surface area (Å²) in [4.78, 5) is 14.4. The van der Waals surface area contributed by atoms with Crippen LogP contribution in [0.15, 0.2) is 0 Å². The Balaban J connectivity index is 2.06. The maximum atomic E-state index is 12.0. The van der Waals surface area contributed by atoms with E-state index < -0.39 is 0 Å². The SMILES string of the molecule is CNC(=O)C1CNCCN1C1CSCC(C)(C)C1. The van der Waals surface area contributed by atoms with Crippen molar-refractivity contribution in [1.82, 2.24) is 15.5 Å². The van der Waals surface area contributed by atoms with Gasteiger partial charge in [0.2, 0.25) is 5.91 Å². The summed E-state index contributed by atoms with van der Waals surface area (Å²) >= 11 is 2.03. The van der Waals surface area contributed by atoms with Gasteiger partial charge in [0, 0.05) is 38.5 Å². The zero-order chi connectivity index (χ0) is 13.2. The van der Waals surface area contributed by atoms with Crippen LogP contribution in [0.1, 0.15) is 20.3 Å². The Hall–Kier alpha value is -0.260. The zero-order valence-corrected chi connectivity index (χ0v) is 12.5. The number of rotatable bonds is 2. The lowest BCUT2D eigenvalue weighted by Gasteiger charge is -2.45. The van der Waals surface area contributed by atoms with E-state index in [0.717, 1.165) is 25.4 Å². The quantitative estimate of drug-likeness (QED) is 0.769. The van der Waals surface area contributed by atoms with Gasteiger partial charge in [-0.3, -0.25) is 9.69 Å². The van der Waals surface area contributed by atoms with Gasteiger partial charge in [-0.25, -0.2) is 0 Å². The Morgan fingerprint density at radius 3 is 2.94 bits per heavy atom. The lowest BCUT2D eigenvalue weighted by molar-refractivity contribution is -0.127. The maximum absolute atomic E-state index is 12.0. The van der Waals surface area contributed by atoms with Crippen LogP contribution in [-0.2, 0) is 4.79 Å². The van der Waals surface area contributed by atoms with E-state index in [-0.39, 0.29) is 11.9 Å². The second kappa shape index (κ2) is 5.80. The Bertz CT molecular complexity index is 309. The van der Waals surface area contributed by atoms with E-state index in [1.807, 2.05) is 11.8 Å². The van der Waals surface area contributed by atoms with Crippen LogP contribution in [0.3, 0.4) is 0 Å². The smallest absolute Gasteiger partial charge is 0.238 e. The summed E-state index contributed by atoms with van der Waals surface area (Å²) in [6.45, 7) is 7.43. The molecule has 2 fully saturated rings. The molecule has 2 aliphatic heterocycles. The molecule has 5 heteroatoms. The molecule has 0 aromatic carbocycles. The number of thioether (sulfide) groups is 1. The average Bonchev–Trinajstić information content (AvgIpc) is 2.36. The highest BCUT2D eigenvalue weighted by molar-refractivity contribution is 7.99. The first-order chi connectivity index (χ1) is 8.53. The van der Waals surface area contributed by atoms with Crippen LogP contribution < -0.4 is 10.6 Å². The fraction of sp³-hybridized carbons (Fsp3) is 0.923. The van der Waals surface area contributed by atoms with Crippen LogP contribution in [0, 0.1) is 5.41 Å². The van der Waals surface area contributed by atoms with Crippen molar-refractivity contribution in [2.75, 3.05) is 38.2 Å². The van der Waals surface area contributed by atoms with Gasteiger partial charge in [0.25, 0.3) is 0 Å². The summed E-state index contributed by atoms with van der Waals surface area (Å²) in [5, 5.41) is 6.13. The Morgan fingerprint density at radius 1 is 1.50 bits per heavy atom. The van der Waals surface area contributed by atoms with Crippen molar-refractivity contribution in [1.29, 1.82) is 0 Å². The molecule has 0 aromatic heterocycles. The van der Waals surface area contributed by atoms with Gasteiger partial charge >= 0.3 is 0 Å². The van der Waals surface area contributed by atoms with Crippen molar-refractivity contribution in [2.24, 2.45) is 5.41 Å². The molecule has 2 aliphatic rings. The largest absolute Gasteiger partial charge is 0.358 e. The van der Waals surface area contributed by atoms with Crippen molar-refractivity contribution < 1.29 is 4.79 Å². The standard InChI is InChI=1S/C13H25N3OS/c1-13(2)6-10(8-18-9-13)16-5-4-15-7-11(16)12(17)14-3/h10-11,15H,4-9H2,1-3H3,(H,14,17). The van der Waals surface area contributed by atoms with Gasteiger partial charge < -0.3 is 10.6 Å². The fourth-order valence-corrected chi connectivity index (χ4v) is 4.38. The van der Waals surface area contributed by atoms with Gasteiger partial charge in [-0.05, 0) is 17.6 Å². The highest BCUT2D eigenvalue weighted by atomic mass is 32.2. The summed E-state index contributed by atoms with van der Waals surface area (Å²) in [6, 6.07) is 0.548. The molecule has 2 N–H and O–H groups in total. The molecule has 104 valence electrons. The molecular weight excluding hydrogens is 246 g/mol. The van der Waals surface area contributed by atoms with Gasteiger partial charge in [0.15, 0.2) is 0 Å². The fourth-order valence-electron chi connectivity index (χ4n) is 3.01. The first kappa shape index (κ1) is 14.2. The molecule has 2 atom stereocenters. The monoisotopic (exact) mass is 271 g/mol. The molecule has 2 heterocycles. The van der Waals surface area contributed by atoms with Crippen LogP contribution >= 0.6 is 11.8 Å². The van der Waals surface area contributed by atoms with E-state index in [9.17, 15) is 4.79 Å². The molecule has 2 unspecified atom stereocenters. The van der Waals surface area contributed by atoms with Gasteiger partial charge in [-0.1, -0.05) is 13.8 Å². The van der Waals surface area contributed by atoms with Crippen LogP contribution in [0.2, 0.25) is 0 Å². The second-order valence-electron chi connectivity index (χ2n) is 6.11. The molecule has 0 aliphatic carbocycles. The minimum Gasteiger partial charge on any atom is -0.358 e. The number of hydrogen-bond acceptors (Lipinski definition) is 4. The first-order valence-corrected chi connectivity index (χ1v) is 7.95.